The fourth-order valence-electron chi connectivity index (χ4n) is 2.35. The summed E-state index contributed by atoms with van der Waals surface area (Å²) in [5.41, 5.74) is 0.732. The highest BCUT2D eigenvalue weighted by Crippen LogP contribution is 2.22. The molecule has 0 aliphatic carbocycles. The first-order chi connectivity index (χ1) is 13.2. The summed E-state index contributed by atoms with van der Waals surface area (Å²) in [6.07, 6.45) is 1.44. The molecule has 0 atom stereocenters. The number of para-hydroxylation sites is 1. The molecule has 0 unspecified atom stereocenters. The number of anilines is 1. The molecule has 3 aromatic rings. The Labute approximate surface area is 156 Å². The molecule has 6 nitrogen and oxygen atoms in total. The minimum Gasteiger partial charge on any atom is -0.462 e. The molecule has 0 saturated carbocycles. The van der Waals surface area contributed by atoms with Gasteiger partial charge in [-0.2, -0.15) is 0 Å². The molecular formula is C21H18N2O4. The molecule has 136 valence electrons. The van der Waals surface area contributed by atoms with E-state index in [0.717, 1.165) is 0 Å². The number of benzene rings is 2. The number of hydrogen-bond donors (Lipinski definition) is 1. The summed E-state index contributed by atoms with van der Waals surface area (Å²) in [5, 5.41) is 2.67. The molecule has 0 aliphatic rings. The predicted octanol–water partition coefficient (Wildman–Crippen LogP) is 4.30. The van der Waals surface area contributed by atoms with E-state index in [2.05, 4.69) is 10.3 Å². The zero-order valence-electron chi connectivity index (χ0n) is 14.7. The lowest BCUT2D eigenvalue weighted by atomic mass is 10.2. The summed E-state index contributed by atoms with van der Waals surface area (Å²) in [4.78, 5) is 28.4. The first kappa shape index (κ1) is 18.1. The molecule has 0 bridgehead atoms. The number of nitrogens with zero attached hydrogens (tertiary/aromatic N) is 1. The quantitative estimate of drug-likeness (QED) is 0.662. The molecule has 1 heterocycles. The molecule has 1 aromatic heterocycles. The Kier molecular flexibility index (Phi) is 5.79. The van der Waals surface area contributed by atoms with E-state index in [4.69, 9.17) is 9.47 Å². The SMILES string of the molecule is CCOC(=O)c1ccnc(NC(=O)c2cccc(Oc3ccccc3)c2)c1. The van der Waals surface area contributed by atoms with Gasteiger partial charge in [-0.1, -0.05) is 24.3 Å². The van der Waals surface area contributed by atoms with Gasteiger partial charge in [0, 0.05) is 11.8 Å². The Bertz CT molecular complexity index is 942. The summed E-state index contributed by atoms with van der Waals surface area (Å²) in [6.45, 7) is 2.00. The number of ether oxygens (including phenoxy) is 2. The van der Waals surface area contributed by atoms with E-state index in [-0.39, 0.29) is 18.3 Å². The number of nitrogens with one attached hydrogen (secondary N) is 1. The molecule has 2 aromatic carbocycles. The molecule has 0 aliphatic heterocycles. The second kappa shape index (κ2) is 8.62. The van der Waals surface area contributed by atoms with Gasteiger partial charge in [-0.25, -0.2) is 9.78 Å². The van der Waals surface area contributed by atoms with Crippen LogP contribution in [0.15, 0.2) is 72.9 Å². The van der Waals surface area contributed by atoms with Gasteiger partial charge in [0.05, 0.1) is 12.2 Å². The molecule has 0 spiro atoms. The number of hydrogen-bond acceptors (Lipinski definition) is 5. The van der Waals surface area contributed by atoms with Crippen LogP contribution in [0, 0.1) is 0 Å². The van der Waals surface area contributed by atoms with Crippen molar-refractivity contribution in [3.63, 3.8) is 0 Å². The number of rotatable bonds is 6. The highest BCUT2D eigenvalue weighted by Gasteiger charge is 2.11. The first-order valence-electron chi connectivity index (χ1n) is 8.43. The van der Waals surface area contributed by atoms with Gasteiger partial charge in [0.2, 0.25) is 0 Å². The summed E-state index contributed by atoms with van der Waals surface area (Å²) >= 11 is 0. The van der Waals surface area contributed by atoms with Gasteiger partial charge in [0.1, 0.15) is 17.3 Å². The maximum Gasteiger partial charge on any atom is 0.338 e. The maximum atomic E-state index is 12.5. The van der Waals surface area contributed by atoms with E-state index in [9.17, 15) is 9.59 Å². The minimum atomic E-state index is -0.464. The third-order valence-corrected chi connectivity index (χ3v) is 3.59. The zero-order valence-corrected chi connectivity index (χ0v) is 14.7. The van der Waals surface area contributed by atoms with Crippen molar-refractivity contribution in [2.75, 3.05) is 11.9 Å². The maximum absolute atomic E-state index is 12.5. The smallest absolute Gasteiger partial charge is 0.338 e. The number of carbonyl (C=O) groups is 2. The van der Waals surface area contributed by atoms with E-state index >= 15 is 0 Å². The van der Waals surface area contributed by atoms with Gasteiger partial charge in [0.25, 0.3) is 5.91 Å². The third-order valence-electron chi connectivity index (χ3n) is 3.59. The summed E-state index contributed by atoms with van der Waals surface area (Å²) in [7, 11) is 0. The Morgan fingerprint density at radius 2 is 1.70 bits per heavy atom. The summed E-state index contributed by atoms with van der Waals surface area (Å²) in [5.74, 6) is 0.663. The number of amides is 1. The average molecular weight is 362 g/mol. The van der Waals surface area contributed by atoms with Crippen molar-refractivity contribution in [2.45, 2.75) is 6.92 Å². The van der Waals surface area contributed by atoms with Crippen molar-refractivity contribution in [3.05, 3.63) is 84.1 Å². The molecule has 27 heavy (non-hydrogen) atoms. The lowest BCUT2D eigenvalue weighted by Crippen LogP contribution is -2.14. The molecule has 1 amide bonds. The average Bonchev–Trinajstić information content (AvgIpc) is 2.69. The lowest BCUT2D eigenvalue weighted by molar-refractivity contribution is 0.0526. The first-order valence-corrected chi connectivity index (χ1v) is 8.43. The highest BCUT2D eigenvalue weighted by atomic mass is 16.5. The van der Waals surface area contributed by atoms with Gasteiger partial charge in [0.15, 0.2) is 0 Å². The van der Waals surface area contributed by atoms with Crippen molar-refractivity contribution in [3.8, 4) is 11.5 Å². The Hall–Kier alpha value is -3.67. The Morgan fingerprint density at radius 3 is 2.48 bits per heavy atom. The largest absolute Gasteiger partial charge is 0.462 e. The molecule has 6 heteroatoms. The normalized spacial score (nSPS) is 10.1. The number of esters is 1. The monoisotopic (exact) mass is 362 g/mol. The van der Waals surface area contributed by atoms with Crippen molar-refractivity contribution < 1.29 is 19.1 Å². The van der Waals surface area contributed by atoms with Crippen LogP contribution in [0.25, 0.3) is 0 Å². The van der Waals surface area contributed by atoms with Gasteiger partial charge >= 0.3 is 5.97 Å². The van der Waals surface area contributed by atoms with Crippen LogP contribution in [-0.2, 0) is 4.74 Å². The molecule has 0 radical (unpaired) electrons. The number of carbonyl (C=O) groups excluding carboxylic acids is 2. The van der Waals surface area contributed by atoms with Crippen LogP contribution >= 0.6 is 0 Å². The van der Waals surface area contributed by atoms with Crippen LogP contribution in [0.3, 0.4) is 0 Å². The van der Waals surface area contributed by atoms with E-state index < -0.39 is 5.97 Å². The molecule has 3 rings (SSSR count). The van der Waals surface area contributed by atoms with Crippen molar-refractivity contribution in [1.82, 2.24) is 4.98 Å². The third kappa shape index (κ3) is 4.92. The van der Waals surface area contributed by atoms with Crippen LogP contribution in [0.2, 0.25) is 0 Å². The second-order valence-corrected chi connectivity index (χ2v) is 5.55. The van der Waals surface area contributed by atoms with Crippen molar-refractivity contribution >= 4 is 17.7 Å². The topological polar surface area (TPSA) is 77.5 Å². The number of pyridine rings is 1. The van der Waals surface area contributed by atoms with Gasteiger partial charge < -0.3 is 14.8 Å². The Balaban J connectivity index is 1.72. The van der Waals surface area contributed by atoms with E-state index in [1.807, 2.05) is 30.3 Å². The van der Waals surface area contributed by atoms with Gasteiger partial charge in [-0.05, 0) is 49.4 Å². The van der Waals surface area contributed by atoms with E-state index in [1.54, 1.807) is 31.2 Å². The number of aromatic nitrogens is 1. The van der Waals surface area contributed by atoms with Crippen molar-refractivity contribution in [1.29, 1.82) is 0 Å². The van der Waals surface area contributed by atoms with Gasteiger partial charge in [-0.15, -0.1) is 0 Å². The fourth-order valence-corrected chi connectivity index (χ4v) is 2.35. The van der Waals surface area contributed by atoms with Crippen LogP contribution < -0.4 is 10.1 Å². The predicted molar refractivity (Wildman–Crippen MR) is 101 cm³/mol. The van der Waals surface area contributed by atoms with Crippen LogP contribution in [-0.4, -0.2) is 23.5 Å². The van der Waals surface area contributed by atoms with Crippen LogP contribution in [0.5, 0.6) is 11.5 Å². The minimum absolute atomic E-state index is 0.264. The lowest BCUT2D eigenvalue weighted by Gasteiger charge is -2.09. The summed E-state index contributed by atoms with van der Waals surface area (Å²) in [6, 6.07) is 19.1. The van der Waals surface area contributed by atoms with E-state index in [0.29, 0.717) is 22.6 Å². The molecule has 1 N–H and O–H groups in total. The molecular weight excluding hydrogens is 344 g/mol. The van der Waals surface area contributed by atoms with Crippen LogP contribution in [0.4, 0.5) is 5.82 Å². The van der Waals surface area contributed by atoms with E-state index in [1.165, 1.54) is 18.3 Å². The van der Waals surface area contributed by atoms with Crippen molar-refractivity contribution in [2.24, 2.45) is 0 Å². The fraction of sp³-hybridized carbons (Fsp3) is 0.0952. The molecule has 0 fully saturated rings. The molecule has 0 saturated heterocycles. The standard InChI is InChI=1S/C21H18N2O4/c1-2-26-21(25)16-11-12-22-19(14-16)23-20(24)15-7-6-10-18(13-15)27-17-8-4-3-5-9-17/h3-14H,2H2,1H3,(H,22,23,24). The Morgan fingerprint density at radius 1 is 0.926 bits per heavy atom. The summed E-state index contributed by atoms with van der Waals surface area (Å²) < 4.78 is 10.7. The van der Waals surface area contributed by atoms with Crippen LogP contribution in [0.1, 0.15) is 27.6 Å². The van der Waals surface area contributed by atoms with Gasteiger partial charge in [-0.3, -0.25) is 4.79 Å². The second-order valence-electron chi connectivity index (χ2n) is 5.55. The zero-order chi connectivity index (χ0) is 19.1. The highest BCUT2D eigenvalue weighted by molar-refractivity contribution is 6.04.